The molecule has 0 radical (unpaired) electrons. The Morgan fingerprint density at radius 3 is 1.82 bits per heavy atom. The predicted octanol–water partition coefficient (Wildman–Crippen LogP) is -0.377. The molecule has 0 aliphatic heterocycles. The molecule has 0 aromatic carbocycles. The maximum atomic E-state index is 5.73. The lowest BCUT2D eigenvalue weighted by molar-refractivity contribution is 0.658. The molecule has 4 nitrogen and oxygen atoms in total. The van der Waals surface area contributed by atoms with Crippen LogP contribution in [-0.2, 0) is 0 Å². The number of hydrogen-bond acceptors (Lipinski definition) is 4. The van der Waals surface area contributed by atoms with E-state index in [1.54, 1.807) is 0 Å². The van der Waals surface area contributed by atoms with Gasteiger partial charge in [-0.2, -0.15) is 0 Å². The van der Waals surface area contributed by atoms with E-state index in [-0.39, 0.29) is 12.0 Å². The summed E-state index contributed by atoms with van der Waals surface area (Å²) in [5.74, 6) is 5.51. The third-order valence-corrected chi connectivity index (χ3v) is 1.54. The molecule has 66 valence electrons. The van der Waals surface area contributed by atoms with Gasteiger partial charge >= 0.3 is 0 Å². The Kier molecular flexibility index (Phi) is 3.92. The first-order valence-corrected chi connectivity index (χ1v) is 3.72. The van der Waals surface area contributed by atoms with Crippen molar-refractivity contribution < 1.29 is 0 Å². The topological polar surface area (TPSA) is 90.1 Å². The molecule has 7 N–H and O–H groups in total. The molecule has 0 aliphatic carbocycles. The van der Waals surface area contributed by atoms with Gasteiger partial charge in [0.15, 0.2) is 0 Å². The first-order valence-electron chi connectivity index (χ1n) is 3.72. The fourth-order valence-corrected chi connectivity index (χ4v) is 0.789. The van der Waals surface area contributed by atoms with Crippen LogP contribution in [-0.4, -0.2) is 6.04 Å². The minimum Gasteiger partial charge on any atom is -0.400 e. The minimum absolute atomic E-state index is 0.137. The van der Waals surface area contributed by atoms with Gasteiger partial charge in [-0.05, 0) is 12.8 Å². The highest BCUT2D eigenvalue weighted by Crippen LogP contribution is 2.07. The lowest BCUT2D eigenvalue weighted by atomic mass is 10.1. The van der Waals surface area contributed by atoms with Gasteiger partial charge in [0.2, 0.25) is 0 Å². The van der Waals surface area contributed by atoms with Crippen molar-refractivity contribution >= 4 is 0 Å². The summed E-state index contributed by atoms with van der Waals surface area (Å²) in [6, 6.07) is -0.137. The van der Waals surface area contributed by atoms with Crippen LogP contribution in [0.15, 0.2) is 11.4 Å². The highest BCUT2D eigenvalue weighted by molar-refractivity contribution is 5.14. The quantitative estimate of drug-likeness (QED) is 0.333. The fraction of sp³-hybridized carbons (Fsp3) is 0.714. The van der Waals surface area contributed by atoms with Gasteiger partial charge in [0.1, 0.15) is 0 Å². The third-order valence-electron chi connectivity index (χ3n) is 1.54. The zero-order valence-corrected chi connectivity index (χ0v) is 7.39. The summed E-state index contributed by atoms with van der Waals surface area (Å²) in [6.45, 7) is 5.83. The summed E-state index contributed by atoms with van der Waals surface area (Å²) in [4.78, 5) is 0. The van der Waals surface area contributed by atoms with Crippen molar-refractivity contribution in [3.8, 4) is 0 Å². The smallest absolute Gasteiger partial charge is 0.0613 e. The van der Waals surface area contributed by atoms with Crippen LogP contribution >= 0.6 is 0 Å². The van der Waals surface area contributed by atoms with E-state index < -0.39 is 0 Å². The summed E-state index contributed by atoms with van der Waals surface area (Å²) < 4.78 is 0. The molecular weight excluding hydrogens is 140 g/mol. The van der Waals surface area contributed by atoms with Gasteiger partial charge in [-0.15, -0.1) is 0 Å². The van der Waals surface area contributed by atoms with E-state index in [9.17, 15) is 0 Å². The molecule has 0 spiro atoms. The number of allylic oxidation sites excluding steroid dienone is 1. The Morgan fingerprint density at radius 2 is 1.73 bits per heavy atom. The van der Waals surface area contributed by atoms with E-state index in [4.69, 9.17) is 17.3 Å². The zero-order valence-electron chi connectivity index (χ0n) is 7.39. The van der Waals surface area contributed by atoms with Crippen molar-refractivity contribution in [1.29, 1.82) is 0 Å². The van der Waals surface area contributed by atoms with Crippen LogP contribution in [0.5, 0.6) is 0 Å². The molecule has 0 saturated heterocycles. The van der Waals surface area contributed by atoms with Gasteiger partial charge in [-0.1, -0.05) is 13.8 Å². The molecule has 11 heavy (non-hydrogen) atoms. The number of rotatable bonds is 3. The highest BCUT2D eigenvalue weighted by atomic mass is 15.2. The van der Waals surface area contributed by atoms with E-state index >= 15 is 0 Å². The Bertz CT molecular complexity index is 149. The second kappa shape index (κ2) is 4.20. The van der Waals surface area contributed by atoms with Crippen LogP contribution in [0.1, 0.15) is 20.8 Å². The number of nitrogens with two attached hydrogens (primary N) is 3. The predicted molar refractivity (Wildman–Crippen MR) is 47.0 cm³/mol. The van der Waals surface area contributed by atoms with Gasteiger partial charge < -0.3 is 16.9 Å². The van der Waals surface area contributed by atoms with Crippen molar-refractivity contribution in [2.24, 2.45) is 23.2 Å². The normalized spacial score (nSPS) is 16.2. The van der Waals surface area contributed by atoms with Gasteiger partial charge in [0, 0.05) is 11.7 Å². The van der Waals surface area contributed by atoms with Crippen LogP contribution in [0.3, 0.4) is 0 Å². The first kappa shape index (κ1) is 10.3. The van der Waals surface area contributed by atoms with Crippen LogP contribution in [0.25, 0.3) is 0 Å². The SMILES string of the molecule is CC(C)/C(N)=C(/NN)C(C)N. The maximum Gasteiger partial charge on any atom is 0.0613 e. The lowest BCUT2D eigenvalue weighted by Gasteiger charge is -2.16. The monoisotopic (exact) mass is 158 g/mol. The van der Waals surface area contributed by atoms with E-state index in [2.05, 4.69) is 5.43 Å². The van der Waals surface area contributed by atoms with E-state index in [0.717, 1.165) is 11.4 Å². The molecule has 1 unspecified atom stereocenters. The Hall–Kier alpha value is -0.740. The Morgan fingerprint density at radius 1 is 1.27 bits per heavy atom. The largest absolute Gasteiger partial charge is 0.400 e. The summed E-state index contributed by atoms with van der Waals surface area (Å²) >= 11 is 0. The van der Waals surface area contributed by atoms with Gasteiger partial charge in [-0.3, -0.25) is 5.84 Å². The van der Waals surface area contributed by atoms with Gasteiger partial charge in [0.25, 0.3) is 0 Å². The lowest BCUT2D eigenvalue weighted by Crippen LogP contribution is -2.36. The van der Waals surface area contributed by atoms with Crippen molar-refractivity contribution in [2.75, 3.05) is 0 Å². The summed E-state index contributed by atoms with van der Waals surface area (Å²) in [6.07, 6.45) is 0. The molecule has 0 aromatic heterocycles. The molecule has 0 heterocycles. The summed E-state index contributed by atoms with van der Waals surface area (Å²) in [5, 5.41) is 0. The van der Waals surface area contributed by atoms with E-state index in [1.165, 1.54) is 0 Å². The first-order chi connectivity index (χ1) is 5.00. The fourth-order valence-electron chi connectivity index (χ4n) is 0.789. The molecule has 1 atom stereocenters. The Balaban J connectivity index is 4.54. The molecule has 0 bridgehead atoms. The van der Waals surface area contributed by atoms with Crippen LogP contribution in [0.4, 0.5) is 0 Å². The van der Waals surface area contributed by atoms with Gasteiger partial charge in [0.05, 0.1) is 5.70 Å². The average Bonchev–Trinajstić information content (AvgIpc) is 1.88. The molecular formula is C7H18N4. The highest BCUT2D eigenvalue weighted by Gasteiger charge is 2.09. The second-order valence-electron chi connectivity index (χ2n) is 2.96. The van der Waals surface area contributed by atoms with Crippen molar-refractivity contribution in [2.45, 2.75) is 26.8 Å². The van der Waals surface area contributed by atoms with Crippen molar-refractivity contribution in [3.05, 3.63) is 11.4 Å². The average molecular weight is 158 g/mol. The third kappa shape index (κ3) is 2.78. The standard InChI is InChI=1S/C7H18N4/c1-4(2)6(9)7(11-10)5(3)8/h4-5,11H,8-10H2,1-3H3/b7-6-. The Labute approximate surface area is 67.8 Å². The van der Waals surface area contributed by atoms with Crippen LogP contribution < -0.4 is 22.7 Å². The maximum absolute atomic E-state index is 5.73. The molecule has 4 heteroatoms. The number of nitrogens with one attached hydrogen (secondary N) is 1. The second-order valence-corrected chi connectivity index (χ2v) is 2.96. The van der Waals surface area contributed by atoms with Crippen molar-refractivity contribution in [1.82, 2.24) is 5.43 Å². The van der Waals surface area contributed by atoms with Crippen LogP contribution in [0, 0.1) is 5.92 Å². The molecule has 0 fully saturated rings. The molecule has 0 saturated carbocycles. The minimum atomic E-state index is -0.137. The molecule has 0 amide bonds. The summed E-state index contributed by atoms with van der Waals surface area (Å²) in [7, 11) is 0. The molecule has 0 aromatic rings. The van der Waals surface area contributed by atoms with E-state index in [1.807, 2.05) is 20.8 Å². The van der Waals surface area contributed by atoms with Gasteiger partial charge in [-0.25, -0.2) is 0 Å². The molecule has 0 rings (SSSR count). The summed E-state index contributed by atoms with van der Waals surface area (Å²) in [5.41, 5.74) is 15.3. The van der Waals surface area contributed by atoms with Crippen LogP contribution in [0.2, 0.25) is 0 Å². The molecule has 0 aliphatic rings. The van der Waals surface area contributed by atoms with E-state index in [0.29, 0.717) is 0 Å². The number of hydrazine groups is 1. The van der Waals surface area contributed by atoms with Crippen molar-refractivity contribution in [3.63, 3.8) is 0 Å². The number of hydrogen-bond donors (Lipinski definition) is 4. The zero-order chi connectivity index (χ0) is 9.02.